The van der Waals surface area contributed by atoms with Crippen molar-refractivity contribution in [3.8, 4) is 5.88 Å². The molecule has 1 aromatic rings. The summed E-state index contributed by atoms with van der Waals surface area (Å²) in [5.74, 6) is 2.16. The van der Waals surface area contributed by atoms with E-state index in [1.54, 1.807) is 12.3 Å². The van der Waals surface area contributed by atoms with Crippen LogP contribution in [-0.2, 0) is 0 Å². The van der Waals surface area contributed by atoms with Gasteiger partial charge < -0.3 is 15.4 Å². The Morgan fingerprint density at radius 2 is 2.32 bits per heavy atom. The summed E-state index contributed by atoms with van der Waals surface area (Å²) in [6.45, 7) is 6.46. The molecular weight excluding hydrogens is 240 g/mol. The van der Waals surface area contributed by atoms with E-state index in [1.807, 2.05) is 6.92 Å². The van der Waals surface area contributed by atoms with E-state index in [9.17, 15) is 0 Å². The lowest BCUT2D eigenvalue weighted by Gasteiger charge is -2.38. The molecule has 0 saturated carbocycles. The van der Waals surface area contributed by atoms with Gasteiger partial charge in [-0.25, -0.2) is 4.98 Å². The third kappa shape index (κ3) is 3.35. The van der Waals surface area contributed by atoms with Crippen molar-refractivity contribution in [2.24, 2.45) is 11.7 Å². The van der Waals surface area contributed by atoms with Gasteiger partial charge in [0.2, 0.25) is 11.8 Å². The summed E-state index contributed by atoms with van der Waals surface area (Å²) in [7, 11) is 0. The van der Waals surface area contributed by atoms with E-state index in [2.05, 4.69) is 21.8 Å². The molecule has 0 aliphatic carbocycles. The molecule has 2 heterocycles. The van der Waals surface area contributed by atoms with Crippen molar-refractivity contribution in [2.75, 3.05) is 24.6 Å². The Hall–Kier alpha value is -1.36. The first-order valence-corrected chi connectivity index (χ1v) is 7.21. The first kappa shape index (κ1) is 14.1. The summed E-state index contributed by atoms with van der Waals surface area (Å²) in [6.07, 6.45) is 5.31. The second-order valence-corrected chi connectivity index (χ2v) is 5.01. The second-order valence-electron chi connectivity index (χ2n) is 5.01. The summed E-state index contributed by atoms with van der Waals surface area (Å²) < 4.78 is 5.44. The summed E-state index contributed by atoms with van der Waals surface area (Å²) in [6, 6.07) is 2.14. The number of aromatic nitrogens is 2. The molecule has 1 saturated heterocycles. The van der Waals surface area contributed by atoms with Crippen LogP contribution in [0.15, 0.2) is 12.3 Å². The van der Waals surface area contributed by atoms with Crippen LogP contribution < -0.4 is 15.4 Å². The first-order valence-electron chi connectivity index (χ1n) is 7.21. The fourth-order valence-corrected chi connectivity index (χ4v) is 2.69. The second kappa shape index (κ2) is 6.70. The Labute approximate surface area is 115 Å². The van der Waals surface area contributed by atoms with E-state index < -0.39 is 0 Å². The Morgan fingerprint density at radius 3 is 3.00 bits per heavy atom. The number of hydrogen-bond acceptors (Lipinski definition) is 5. The molecule has 1 aliphatic heterocycles. The van der Waals surface area contributed by atoms with Crippen molar-refractivity contribution in [3.05, 3.63) is 12.3 Å². The maximum atomic E-state index is 5.92. The predicted molar refractivity (Wildman–Crippen MR) is 76.4 cm³/mol. The highest BCUT2D eigenvalue weighted by Gasteiger charge is 2.28. The minimum absolute atomic E-state index is 0.343. The number of ether oxygens (including phenoxy) is 1. The number of anilines is 1. The molecule has 5 heteroatoms. The molecule has 2 unspecified atom stereocenters. The van der Waals surface area contributed by atoms with Crippen LogP contribution >= 0.6 is 0 Å². The SMILES string of the molecule is CCOc1ccnc(N2CCC(CC)CC2CN)n1. The van der Waals surface area contributed by atoms with Gasteiger partial charge >= 0.3 is 0 Å². The zero-order valence-electron chi connectivity index (χ0n) is 11.9. The lowest BCUT2D eigenvalue weighted by molar-refractivity contribution is 0.318. The molecule has 0 spiro atoms. The van der Waals surface area contributed by atoms with Gasteiger partial charge in [0.15, 0.2) is 0 Å². The van der Waals surface area contributed by atoms with E-state index in [-0.39, 0.29) is 0 Å². The molecule has 106 valence electrons. The van der Waals surface area contributed by atoms with Crippen molar-refractivity contribution in [1.82, 2.24) is 9.97 Å². The number of nitrogens with zero attached hydrogens (tertiary/aromatic N) is 3. The highest BCUT2D eigenvalue weighted by atomic mass is 16.5. The summed E-state index contributed by atoms with van der Waals surface area (Å²) >= 11 is 0. The third-order valence-corrected chi connectivity index (χ3v) is 3.84. The van der Waals surface area contributed by atoms with Crippen LogP contribution in [0.25, 0.3) is 0 Å². The average Bonchev–Trinajstić information content (AvgIpc) is 2.47. The van der Waals surface area contributed by atoms with Crippen molar-refractivity contribution >= 4 is 5.95 Å². The Balaban J connectivity index is 2.13. The zero-order valence-corrected chi connectivity index (χ0v) is 11.9. The van der Waals surface area contributed by atoms with Crippen LogP contribution in [0.5, 0.6) is 5.88 Å². The lowest BCUT2D eigenvalue weighted by atomic mass is 9.89. The normalized spacial score (nSPS) is 23.4. The zero-order chi connectivity index (χ0) is 13.7. The van der Waals surface area contributed by atoms with Crippen LogP contribution in [-0.4, -0.2) is 35.7 Å². The highest BCUT2D eigenvalue weighted by Crippen LogP contribution is 2.28. The molecular formula is C14H24N4O. The fraction of sp³-hybridized carbons (Fsp3) is 0.714. The summed E-state index contributed by atoms with van der Waals surface area (Å²) in [5.41, 5.74) is 5.92. The largest absolute Gasteiger partial charge is 0.478 e. The topological polar surface area (TPSA) is 64.3 Å². The van der Waals surface area contributed by atoms with Crippen LogP contribution in [0.4, 0.5) is 5.95 Å². The van der Waals surface area contributed by atoms with Gasteiger partial charge in [-0.15, -0.1) is 0 Å². The molecule has 1 aliphatic rings. The smallest absolute Gasteiger partial charge is 0.228 e. The summed E-state index contributed by atoms with van der Waals surface area (Å²) in [5, 5.41) is 0. The Bertz CT molecular complexity index is 399. The van der Waals surface area contributed by atoms with Gasteiger partial charge in [0.05, 0.1) is 6.61 Å². The van der Waals surface area contributed by atoms with Crippen LogP contribution in [0.2, 0.25) is 0 Å². The van der Waals surface area contributed by atoms with E-state index >= 15 is 0 Å². The molecule has 19 heavy (non-hydrogen) atoms. The van der Waals surface area contributed by atoms with Crippen LogP contribution in [0.1, 0.15) is 33.1 Å². The maximum Gasteiger partial charge on any atom is 0.228 e. The Morgan fingerprint density at radius 1 is 1.47 bits per heavy atom. The highest BCUT2D eigenvalue weighted by molar-refractivity contribution is 5.34. The molecule has 2 rings (SSSR count). The molecule has 0 radical (unpaired) electrons. The number of rotatable bonds is 5. The maximum absolute atomic E-state index is 5.92. The van der Waals surface area contributed by atoms with E-state index in [0.717, 1.165) is 24.8 Å². The average molecular weight is 264 g/mol. The van der Waals surface area contributed by atoms with Crippen molar-refractivity contribution < 1.29 is 4.74 Å². The molecule has 0 bridgehead atoms. The van der Waals surface area contributed by atoms with E-state index in [4.69, 9.17) is 10.5 Å². The van der Waals surface area contributed by atoms with Crippen molar-refractivity contribution in [3.63, 3.8) is 0 Å². The first-order chi connectivity index (χ1) is 9.28. The van der Waals surface area contributed by atoms with Crippen molar-refractivity contribution in [2.45, 2.75) is 39.2 Å². The third-order valence-electron chi connectivity index (χ3n) is 3.84. The minimum Gasteiger partial charge on any atom is -0.478 e. The van der Waals surface area contributed by atoms with E-state index in [1.165, 1.54) is 12.8 Å². The molecule has 1 aromatic heterocycles. The molecule has 2 atom stereocenters. The van der Waals surface area contributed by atoms with Crippen LogP contribution in [0.3, 0.4) is 0 Å². The number of piperidine rings is 1. The molecule has 1 fully saturated rings. The number of nitrogens with two attached hydrogens (primary N) is 1. The fourth-order valence-electron chi connectivity index (χ4n) is 2.69. The van der Waals surface area contributed by atoms with Crippen LogP contribution in [0, 0.1) is 5.92 Å². The van der Waals surface area contributed by atoms with Gasteiger partial charge in [0.25, 0.3) is 0 Å². The number of hydrogen-bond donors (Lipinski definition) is 1. The standard InChI is InChI=1S/C14H24N4O/c1-3-11-6-8-18(12(9-11)10-15)14-16-7-5-13(17-14)19-4-2/h5,7,11-12H,3-4,6,8-10,15H2,1-2H3. The molecule has 2 N–H and O–H groups in total. The minimum atomic E-state index is 0.343. The molecule has 0 amide bonds. The van der Waals surface area contributed by atoms with Gasteiger partial charge in [-0.2, -0.15) is 4.98 Å². The molecule has 0 aromatic carbocycles. The van der Waals surface area contributed by atoms with Gasteiger partial charge in [-0.3, -0.25) is 0 Å². The van der Waals surface area contributed by atoms with Gasteiger partial charge in [-0.1, -0.05) is 13.3 Å². The lowest BCUT2D eigenvalue weighted by Crippen LogP contribution is -2.47. The monoisotopic (exact) mass is 264 g/mol. The molecule has 5 nitrogen and oxygen atoms in total. The predicted octanol–water partition coefficient (Wildman–Crippen LogP) is 1.83. The van der Waals surface area contributed by atoms with E-state index in [0.29, 0.717) is 25.1 Å². The van der Waals surface area contributed by atoms with Gasteiger partial charge in [-0.05, 0) is 25.7 Å². The Kier molecular flexibility index (Phi) is 4.96. The quantitative estimate of drug-likeness (QED) is 0.879. The van der Waals surface area contributed by atoms with Gasteiger partial charge in [0, 0.05) is 31.4 Å². The summed E-state index contributed by atoms with van der Waals surface area (Å²) in [4.78, 5) is 11.1. The van der Waals surface area contributed by atoms with Crippen molar-refractivity contribution in [1.29, 1.82) is 0 Å². The van der Waals surface area contributed by atoms with Gasteiger partial charge in [0.1, 0.15) is 0 Å².